The maximum atomic E-state index is 9.57. The van der Waals surface area contributed by atoms with E-state index in [0.29, 0.717) is 5.56 Å². The molecule has 0 aliphatic carbocycles. The summed E-state index contributed by atoms with van der Waals surface area (Å²) >= 11 is 0. The van der Waals surface area contributed by atoms with Gasteiger partial charge in [0.25, 0.3) is 0 Å². The molecular formula is C54H37N. The summed E-state index contributed by atoms with van der Waals surface area (Å²) in [6.45, 7) is 0. The zero-order chi connectivity index (χ0) is 40.0. The Labute approximate surface area is 327 Å². The average molecular weight is 704 g/mol. The molecule has 0 spiro atoms. The molecule has 10 aromatic carbocycles. The molecule has 0 aliphatic rings. The van der Waals surface area contributed by atoms with E-state index in [9.17, 15) is 5.48 Å². The molecule has 0 atom stereocenters. The van der Waals surface area contributed by atoms with E-state index in [1.54, 1.807) is 0 Å². The largest absolute Gasteiger partial charge is 0.310 e. The predicted molar refractivity (Wildman–Crippen MR) is 235 cm³/mol. The summed E-state index contributed by atoms with van der Waals surface area (Å²) in [4.78, 5) is 1.89. The van der Waals surface area contributed by atoms with E-state index in [2.05, 4.69) is 103 Å². The molecule has 0 aromatic heterocycles. The Hall–Kier alpha value is -7.22. The number of anilines is 3. The summed E-state index contributed by atoms with van der Waals surface area (Å²) in [5.74, 6) is 0. The fraction of sp³-hybridized carbons (Fsp3) is 0. The van der Waals surface area contributed by atoms with Crippen molar-refractivity contribution < 1.29 is 5.48 Å². The summed E-state index contributed by atoms with van der Waals surface area (Å²) in [6, 6.07) is 67.5. The lowest BCUT2D eigenvalue weighted by Gasteiger charge is -2.27. The highest BCUT2D eigenvalue weighted by atomic mass is 15.1. The van der Waals surface area contributed by atoms with Crippen LogP contribution in [0.5, 0.6) is 0 Å². The molecular weight excluding hydrogens is 663 g/mol. The number of benzene rings is 10. The van der Waals surface area contributed by atoms with Gasteiger partial charge in [-0.3, -0.25) is 0 Å². The van der Waals surface area contributed by atoms with E-state index in [1.807, 2.05) is 102 Å². The fourth-order valence-electron chi connectivity index (χ4n) is 7.77. The number of hydrogen-bond acceptors (Lipinski definition) is 1. The SMILES string of the molecule is [2H]c1c([2H])c(N(c2ccc(-c3c(-c4ccccc4)ccc4ccccc34)cc2)c2cccc3ccccc23)c([2H])c([2H])c1-c1ccc(-c2ccc3ccccc3c2)cc1. The number of hydrogen-bond donors (Lipinski definition) is 0. The first-order valence-corrected chi connectivity index (χ1v) is 18.6. The van der Waals surface area contributed by atoms with Crippen molar-refractivity contribution in [1.82, 2.24) is 0 Å². The lowest BCUT2D eigenvalue weighted by atomic mass is 9.89. The van der Waals surface area contributed by atoms with Gasteiger partial charge in [-0.05, 0) is 108 Å². The second-order valence-electron chi connectivity index (χ2n) is 13.8. The van der Waals surface area contributed by atoms with Crippen molar-refractivity contribution in [2.24, 2.45) is 0 Å². The van der Waals surface area contributed by atoms with Crippen molar-refractivity contribution in [1.29, 1.82) is 0 Å². The van der Waals surface area contributed by atoms with Crippen LogP contribution in [0.25, 0.3) is 76.8 Å². The van der Waals surface area contributed by atoms with Crippen molar-refractivity contribution in [3.05, 3.63) is 224 Å². The van der Waals surface area contributed by atoms with Crippen LogP contribution in [0, 0.1) is 0 Å². The highest BCUT2D eigenvalue weighted by Crippen LogP contribution is 2.43. The molecule has 0 fully saturated rings. The van der Waals surface area contributed by atoms with Gasteiger partial charge in [-0.2, -0.15) is 0 Å². The van der Waals surface area contributed by atoms with Crippen LogP contribution in [-0.4, -0.2) is 0 Å². The molecule has 0 amide bonds. The van der Waals surface area contributed by atoms with Gasteiger partial charge < -0.3 is 4.90 Å². The maximum Gasteiger partial charge on any atom is 0.0645 e. The molecule has 1 heteroatoms. The summed E-state index contributed by atoms with van der Waals surface area (Å²) in [6.07, 6.45) is 0. The smallest absolute Gasteiger partial charge is 0.0645 e. The Morgan fingerprint density at radius 1 is 0.309 bits per heavy atom. The molecule has 0 saturated heterocycles. The number of rotatable bonds is 7. The van der Waals surface area contributed by atoms with Gasteiger partial charge >= 0.3 is 0 Å². The molecule has 0 heterocycles. The topological polar surface area (TPSA) is 3.24 Å². The Morgan fingerprint density at radius 3 is 1.60 bits per heavy atom. The van der Waals surface area contributed by atoms with E-state index in [4.69, 9.17) is 0 Å². The minimum Gasteiger partial charge on any atom is -0.310 e. The summed E-state index contributed by atoms with van der Waals surface area (Å²) in [7, 11) is 0. The van der Waals surface area contributed by atoms with Crippen LogP contribution in [0.1, 0.15) is 5.48 Å². The lowest BCUT2D eigenvalue weighted by Crippen LogP contribution is -2.10. The predicted octanol–water partition coefficient (Wildman–Crippen LogP) is 15.3. The minimum atomic E-state index is -0.114. The van der Waals surface area contributed by atoms with Gasteiger partial charge in [-0.1, -0.05) is 188 Å². The van der Waals surface area contributed by atoms with Gasteiger partial charge in [-0.25, -0.2) is 0 Å². The summed E-state index contributed by atoms with van der Waals surface area (Å²) in [5, 5.41) is 6.56. The molecule has 0 saturated carbocycles. The van der Waals surface area contributed by atoms with Gasteiger partial charge in [0.15, 0.2) is 0 Å². The first-order valence-electron chi connectivity index (χ1n) is 20.6. The Bertz CT molecular complexity index is 3160. The van der Waals surface area contributed by atoms with Gasteiger partial charge in [-0.15, -0.1) is 0 Å². The fourth-order valence-corrected chi connectivity index (χ4v) is 7.77. The van der Waals surface area contributed by atoms with Gasteiger partial charge in [0.2, 0.25) is 0 Å². The zero-order valence-electron chi connectivity index (χ0n) is 34.0. The number of fused-ring (bicyclic) bond motifs is 3. The molecule has 10 rings (SSSR count). The standard InChI is InChI=1S/C54H37N/c1-2-12-43(13-3-1)52-36-31-44-15-7-9-19-51(44)54(52)45-29-34-49(35-30-45)55(53-20-10-17-42-14-6-8-18-50(42)53)48-32-27-40(28-33-48)39-21-23-41(24-22-39)47-26-25-38-11-4-5-16-46(38)37-47/h1-37H/i27D,28D,32D,33D. The molecule has 10 aromatic rings. The van der Waals surface area contributed by atoms with E-state index >= 15 is 0 Å². The van der Waals surface area contributed by atoms with Crippen LogP contribution >= 0.6 is 0 Å². The van der Waals surface area contributed by atoms with Crippen LogP contribution in [0.4, 0.5) is 17.1 Å². The monoisotopic (exact) mass is 703 g/mol. The Balaban J connectivity index is 1.11. The van der Waals surface area contributed by atoms with Gasteiger partial charge in [0.05, 0.1) is 11.2 Å². The first kappa shape index (κ1) is 28.3. The van der Waals surface area contributed by atoms with E-state index < -0.39 is 0 Å². The summed E-state index contributed by atoms with van der Waals surface area (Å²) < 4.78 is 38.0. The maximum absolute atomic E-state index is 9.57. The van der Waals surface area contributed by atoms with E-state index in [-0.39, 0.29) is 35.4 Å². The second kappa shape index (κ2) is 14.0. The molecule has 55 heavy (non-hydrogen) atoms. The van der Waals surface area contributed by atoms with Gasteiger partial charge in [0.1, 0.15) is 0 Å². The zero-order valence-corrected chi connectivity index (χ0v) is 30.0. The van der Waals surface area contributed by atoms with Crippen LogP contribution < -0.4 is 4.90 Å². The van der Waals surface area contributed by atoms with E-state index in [1.165, 1.54) is 5.39 Å². The third-order valence-electron chi connectivity index (χ3n) is 10.5. The normalized spacial score (nSPS) is 12.3. The molecule has 0 unspecified atom stereocenters. The third kappa shape index (κ3) is 6.12. The van der Waals surface area contributed by atoms with Gasteiger partial charge in [0, 0.05) is 16.8 Å². The molecule has 0 aliphatic heterocycles. The first-order chi connectivity index (χ1) is 28.9. The van der Waals surface area contributed by atoms with Crippen LogP contribution in [-0.2, 0) is 0 Å². The molecule has 0 bridgehead atoms. The number of nitrogens with zero attached hydrogens (tertiary/aromatic N) is 1. The minimum absolute atomic E-state index is 0.0930. The van der Waals surface area contributed by atoms with Crippen LogP contribution in [0.3, 0.4) is 0 Å². The highest BCUT2D eigenvalue weighted by molar-refractivity contribution is 6.05. The third-order valence-corrected chi connectivity index (χ3v) is 10.5. The highest BCUT2D eigenvalue weighted by Gasteiger charge is 2.17. The average Bonchev–Trinajstić information content (AvgIpc) is 3.30. The Morgan fingerprint density at radius 2 is 0.855 bits per heavy atom. The van der Waals surface area contributed by atoms with Crippen molar-refractivity contribution in [2.45, 2.75) is 0 Å². The lowest BCUT2D eigenvalue weighted by molar-refractivity contribution is 1.30. The van der Waals surface area contributed by atoms with Crippen molar-refractivity contribution in [2.75, 3.05) is 4.90 Å². The molecule has 258 valence electrons. The van der Waals surface area contributed by atoms with Crippen molar-refractivity contribution in [3.63, 3.8) is 0 Å². The van der Waals surface area contributed by atoms with Crippen LogP contribution in [0.2, 0.25) is 0 Å². The Kier molecular flexibility index (Phi) is 7.19. The van der Waals surface area contributed by atoms with Crippen molar-refractivity contribution >= 4 is 49.4 Å². The second-order valence-corrected chi connectivity index (χ2v) is 13.8. The van der Waals surface area contributed by atoms with Crippen LogP contribution in [0.15, 0.2) is 224 Å². The molecule has 0 N–H and O–H groups in total. The van der Waals surface area contributed by atoms with E-state index in [0.717, 1.165) is 71.7 Å². The van der Waals surface area contributed by atoms with Crippen molar-refractivity contribution in [3.8, 4) is 44.5 Å². The summed E-state index contributed by atoms with van der Waals surface area (Å²) in [5.41, 5.74) is 9.06. The molecule has 1 nitrogen and oxygen atoms in total. The quantitative estimate of drug-likeness (QED) is 0.160. The molecule has 0 radical (unpaired) electrons.